The predicted octanol–water partition coefficient (Wildman–Crippen LogP) is 2.45. The third kappa shape index (κ3) is 4.95. The van der Waals surface area contributed by atoms with E-state index in [1.807, 2.05) is 11.0 Å². The Labute approximate surface area is 165 Å². The lowest BCUT2D eigenvalue weighted by molar-refractivity contribution is 0.180. The number of piperazine rings is 1. The van der Waals surface area contributed by atoms with Gasteiger partial charge in [0, 0.05) is 45.1 Å². The van der Waals surface area contributed by atoms with Gasteiger partial charge in [-0.05, 0) is 41.5 Å². The molecule has 1 unspecified atom stereocenters. The van der Waals surface area contributed by atoms with E-state index in [1.165, 1.54) is 5.56 Å². The standard InChI is InChI=1S/C19H28N6OS/c1-3-23(4-2)17(16-6-13-27-15-16)14-22-19(26)25-11-9-24(10-12-25)18-20-7-5-8-21-18/h5-8,13,15,17H,3-4,9-12,14H2,1-2H3,(H,22,26). The van der Waals surface area contributed by atoms with Crippen LogP contribution in [0.5, 0.6) is 0 Å². The van der Waals surface area contributed by atoms with E-state index < -0.39 is 0 Å². The summed E-state index contributed by atoms with van der Waals surface area (Å²) < 4.78 is 0. The molecule has 0 aliphatic carbocycles. The average molecular weight is 389 g/mol. The van der Waals surface area contributed by atoms with E-state index in [0.717, 1.165) is 32.1 Å². The van der Waals surface area contributed by atoms with Crippen LogP contribution in [0.2, 0.25) is 0 Å². The molecule has 0 radical (unpaired) electrons. The van der Waals surface area contributed by atoms with Gasteiger partial charge in [-0.15, -0.1) is 0 Å². The fourth-order valence-electron chi connectivity index (χ4n) is 3.45. The first-order chi connectivity index (χ1) is 13.2. The molecule has 27 heavy (non-hydrogen) atoms. The molecule has 2 aromatic rings. The summed E-state index contributed by atoms with van der Waals surface area (Å²) in [5.41, 5.74) is 1.27. The quantitative estimate of drug-likeness (QED) is 0.789. The van der Waals surface area contributed by atoms with Gasteiger partial charge in [0.15, 0.2) is 0 Å². The molecule has 1 atom stereocenters. The molecule has 1 saturated heterocycles. The molecule has 0 spiro atoms. The molecule has 0 aromatic carbocycles. The molecule has 0 bridgehead atoms. The van der Waals surface area contributed by atoms with E-state index in [1.54, 1.807) is 23.7 Å². The number of anilines is 1. The van der Waals surface area contributed by atoms with Crippen LogP contribution < -0.4 is 10.2 Å². The summed E-state index contributed by atoms with van der Waals surface area (Å²) >= 11 is 1.70. The van der Waals surface area contributed by atoms with Gasteiger partial charge in [0.25, 0.3) is 0 Å². The SMILES string of the molecule is CCN(CC)C(CNC(=O)N1CCN(c2ncccn2)CC1)c1ccsc1. The lowest BCUT2D eigenvalue weighted by Gasteiger charge is -2.35. The molecule has 3 rings (SSSR count). The fourth-order valence-corrected chi connectivity index (χ4v) is 4.15. The van der Waals surface area contributed by atoms with E-state index in [9.17, 15) is 4.79 Å². The summed E-state index contributed by atoms with van der Waals surface area (Å²) in [6, 6.07) is 4.19. The van der Waals surface area contributed by atoms with Gasteiger partial charge in [0.1, 0.15) is 0 Å². The third-order valence-corrected chi connectivity index (χ3v) is 5.73. The summed E-state index contributed by atoms with van der Waals surface area (Å²) in [5.74, 6) is 0.733. The van der Waals surface area contributed by atoms with Crippen LogP contribution in [0.15, 0.2) is 35.3 Å². The van der Waals surface area contributed by atoms with Crippen molar-refractivity contribution in [3.63, 3.8) is 0 Å². The Kier molecular flexibility index (Phi) is 7.00. The Hall–Kier alpha value is -2.19. The number of aromatic nitrogens is 2. The number of thiophene rings is 1. The molecule has 7 nitrogen and oxygen atoms in total. The van der Waals surface area contributed by atoms with E-state index in [0.29, 0.717) is 19.6 Å². The van der Waals surface area contributed by atoms with Crippen molar-refractivity contribution >= 4 is 23.3 Å². The highest BCUT2D eigenvalue weighted by Gasteiger charge is 2.24. The van der Waals surface area contributed by atoms with Crippen molar-refractivity contribution in [2.75, 3.05) is 50.7 Å². The van der Waals surface area contributed by atoms with Crippen molar-refractivity contribution in [1.29, 1.82) is 0 Å². The second-order valence-corrected chi connectivity index (χ2v) is 7.28. The molecule has 1 fully saturated rings. The summed E-state index contributed by atoms with van der Waals surface area (Å²) in [6.07, 6.45) is 3.50. The van der Waals surface area contributed by atoms with Crippen LogP contribution >= 0.6 is 11.3 Å². The van der Waals surface area contributed by atoms with Gasteiger partial charge in [-0.25, -0.2) is 14.8 Å². The Morgan fingerprint density at radius 1 is 1.22 bits per heavy atom. The maximum atomic E-state index is 12.7. The highest BCUT2D eigenvalue weighted by Crippen LogP contribution is 2.22. The van der Waals surface area contributed by atoms with Gasteiger partial charge >= 0.3 is 6.03 Å². The van der Waals surface area contributed by atoms with E-state index in [2.05, 4.69) is 55.8 Å². The van der Waals surface area contributed by atoms with Gasteiger partial charge in [-0.3, -0.25) is 4.90 Å². The van der Waals surface area contributed by atoms with Crippen molar-refractivity contribution in [3.8, 4) is 0 Å². The minimum atomic E-state index is 0.0102. The van der Waals surface area contributed by atoms with Crippen molar-refractivity contribution < 1.29 is 4.79 Å². The molecule has 146 valence electrons. The molecule has 0 saturated carbocycles. The number of urea groups is 1. The molecular formula is C19H28N6OS. The average Bonchev–Trinajstić information content (AvgIpc) is 3.26. The minimum Gasteiger partial charge on any atom is -0.337 e. The topological polar surface area (TPSA) is 64.6 Å². The molecule has 1 N–H and O–H groups in total. The summed E-state index contributed by atoms with van der Waals surface area (Å²) in [4.78, 5) is 27.6. The van der Waals surface area contributed by atoms with Crippen molar-refractivity contribution in [3.05, 3.63) is 40.8 Å². The van der Waals surface area contributed by atoms with Crippen LogP contribution in [-0.2, 0) is 0 Å². The number of rotatable bonds is 7. The van der Waals surface area contributed by atoms with Crippen molar-refractivity contribution in [1.82, 2.24) is 25.1 Å². The number of nitrogens with zero attached hydrogens (tertiary/aromatic N) is 5. The normalized spacial score (nSPS) is 15.8. The maximum absolute atomic E-state index is 12.7. The van der Waals surface area contributed by atoms with Crippen LogP contribution in [0.4, 0.5) is 10.7 Å². The zero-order valence-electron chi connectivity index (χ0n) is 16.0. The Bertz CT molecular complexity index is 683. The number of hydrogen-bond acceptors (Lipinski definition) is 6. The van der Waals surface area contributed by atoms with Gasteiger partial charge < -0.3 is 15.1 Å². The molecule has 2 aromatic heterocycles. The number of likely N-dealkylation sites (N-methyl/N-ethyl adjacent to an activating group) is 1. The molecule has 1 aliphatic rings. The Balaban J connectivity index is 1.52. The predicted molar refractivity (Wildman–Crippen MR) is 109 cm³/mol. The van der Waals surface area contributed by atoms with E-state index >= 15 is 0 Å². The van der Waals surface area contributed by atoms with Crippen molar-refractivity contribution in [2.45, 2.75) is 19.9 Å². The first kappa shape index (κ1) is 19.6. The number of nitrogens with one attached hydrogen (secondary N) is 1. The fraction of sp³-hybridized carbons (Fsp3) is 0.526. The maximum Gasteiger partial charge on any atom is 0.317 e. The number of amides is 2. The van der Waals surface area contributed by atoms with Gasteiger partial charge in [0.2, 0.25) is 5.95 Å². The second kappa shape index (κ2) is 9.66. The monoisotopic (exact) mass is 388 g/mol. The minimum absolute atomic E-state index is 0.0102. The second-order valence-electron chi connectivity index (χ2n) is 6.50. The highest BCUT2D eigenvalue weighted by atomic mass is 32.1. The van der Waals surface area contributed by atoms with Gasteiger partial charge in [-0.1, -0.05) is 13.8 Å². The number of hydrogen-bond donors (Lipinski definition) is 1. The van der Waals surface area contributed by atoms with E-state index in [4.69, 9.17) is 0 Å². The van der Waals surface area contributed by atoms with Crippen molar-refractivity contribution in [2.24, 2.45) is 0 Å². The van der Waals surface area contributed by atoms with Crippen LogP contribution in [0.3, 0.4) is 0 Å². The van der Waals surface area contributed by atoms with Crippen LogP contribution in [0.1, 0.15) is 25.5 Å². The van der Waals surface area contributed by atoms with E-state index in [-0.39, 0.29) is 12.1 Å². The first-order valence-electron chi connectivity index (χ1n) is 9.53. The van der Waals surface area contributed by atoms with Gasteiger partial charge in [0.05, 0.1) is 6.04 Å². The molecule has 8 heteroatoms. The number of carbonyl (C=O) groups excluding carboxylic acids is 1. The Morgan fingerprint density at radius 3 is 2.52 bits per heavy atom. The van der Waals surface area contributed by atoms with Crippen LogP contribution in [0, 0.1) is 0 Å². The summed E-state index contributed by atoms with van der Waals surface area (Å²) in [5, 5.41) is 7.41. The molecule has 2 amide bonds. The first-order valence-corrected chi connectivity index (χ1v) is 10.5. The van der Waals surface area contributed by atoms with Gasteiger partial charge in [-0.2, -0.15) is 11.3 Å². The Morgan fingerprint density at radius 2 is 1.93 bits per heavy atom. The largest absolute Gasteiger partial charge is 0.337 e. The summed E-state index contributed by atoms with van der Waals surface area (Å²) in [6.45, 7) is 9.73. The zero-order chi connectivity index (χ0) is 19.1. The molecule has 3 heterocycles. The lowest BCUT2D eigenvalue weighted by atomic mass is 10.1. The number of carbonyl (C=O) groups is 1. The summed E-state index contributed by atoms with van der Waals surface area (Å²) in [7, 11) is 0. The van der Waals surface area contributed by atoms with Crippen LogP contribution in [-0.4, -0.2) is 71.6 Å². The third-order valence-electron chi connectivity index (χ3n) is 5.03. The molecular weight excluding hydrogens is 360 g/mol. The smallest absolute Gasteiger partial charge is 0.317 e. The van der Waals surface area contributed by atoms with Crippen LogP contribution in [0.25, 0.3) is 0 Å². The zero-order valence-corrected chi connectivity index (χ0v) is 16.9. The highest BCUT2D eigenvalue weighted by molar-refractivity contribution is 7.07. The molecule has 1 aliphatic heterocycles. The lowest BCUT2D eigenvalue weighted by Crippen LogP contribution is -2.53.